The zero-order chi connectivity index (χ0) is 16.4. The van der Waals surface area contributed by atoms with Crippen LogP contribution in [0.25, 0.3) is 17.0 Å². The molecule has 3 aromatic rings. The lowest BCUT2D eigenvalue weighted by Gasteiger charge is -2.10. The van der Waals surface area contributed by atoms with Crippen LogP contribution in [-0.2, 0) is 9.57 Å². The number of nitrogens with zero attached hydrogens (tertiary/aromatic N) is 4. The zero-order valence-electron chi connectivity index (χ0n) is 12.9. The first-order chi connectivity index (χ1) is 11.8. The molecule has 24 heavy (non-hydrogen) atoms. The maximum absolute atomic E-state index is 14.0. The van der Waals surface area contributed by atoms with Gasteiger partial charge in [0.15, 0.2) is 17.3 Å². The number of anilines is 1. The third kappa shape index (κ3) is 2.93. The SMILES string of the molecule is Fc1ccccc1-c1nnc2ccc(NOCC3CCOC3)nn12. The lowest BCUT2D eigenvalue weighted by Crippen LogP contribution is -2.14. The number of aromatic nitrogens is 4. The molecule has 0 radical (unpaired) electrons. The van der Waals surface area contributed by atoms with E-state index in [1.54, 1.807) is 30.3 Å². The van der Waals surface area contributed by atoms with Crippen molar-refractivity contribution in [3.05, 3.63) is 42.2 Å². The molecule has 8 heteroatoms. The van der Waals surface area contributed by atoms with Crippen LogP contribution >= 0.6 is 0 Å². The van der Waals surface area contributed by atoms with Gasteiger partial charge in [0.2, 0.25) is 0 Å². The lowest BCUT2D eigenvalue weighted by molar-refractivity contribution is 0.126. The fourth-order valence-electron chi connectivity index (χ4n) is 2.60. The van der Waals surface area contributed by atoms with Gasteiger partial charge in [-0.1, -0.05) is 12.1 Å². The van der Waals surface area contributed by atoms with E-state index in [1.807, 2.05) is 0 Å². The number of fused-ring (bicyclic) bond motifs is 1. The Labute approximate surface area is 137 Å². The molecule has 0 bridgehead atoms. The number of hydrogen-bond donors (Lipinski definition) is 1. The van der Waals surface area contributed by atoms with Crippen LogP contribution in [0, 0.1) is 11.7 Å². The average Bonchev–Trinajstić information content (AvgIpc) is 3.25. The summed E-state index contributed by atoms with van der Waals surface area (Å²) in [4.78, 5) is 5.48. The standard InChI is InChI=1S/C16H16FN5O2/c17-13-4-2-1-3-12(13)16-19-18-15-6-5-14(20-22(15)16)21-24-10-11-7-8-23-9-11/h1-6,11H,7-10H2,(H,20,21). The number of hydrogen-bond acceptors (Lipinski definition) is 6. The van der Waals surface area contributed by atoms with E-state index in [1.165, 1.54) is 10.6 Å². The second-order valence-corrected chi connectivity index (χ2v) is 5.63. The summed E-state index contributed by atoms with van der Waals surface area (Å²) in [6, 6.07) is 9.88. The van der Waals surface area contributed by atoms with Crippen molar-refractivity contribution in [2.24, 2.45) is 5.92 Å². The molecule has 4 rings (SSSR count). The minimum absolute atomic E-state index is 0.343. The monoisotopic (exact) mass is 329 g/mol. The molecule has 0 saturated carbocycles. The summed E-state index contributed by atoms with van der Waals surface area (Å²) < 4.78 is 20.8. The normalized spacial score (nSPS) is 17.5. The van der Waals surface area contributed by atoms with Crippen LogP contribution in [-0.4, -0.2) is 39.6 Å². The van der Waals surface area contributed by atoms with Crippen LogP contribution in [0.1, 0.15) is 6.42 Å². The van der Waals surface area contributed by atoms with E-state index in [2.05, 4.69) is 20.8 Å². The zero-order valence-corrected chi connectivity index (χ0v) is 12.9. The number of ether oxygens (including phenoxy) is 1. The number of nitrogens with one attached hydrogen (secondary N) is 1. The van der Waals surface area contributed by atoms with E-state index >= 15 is 0 Å². The molecule has 7 nitrogen and oxygen atoms in total. The molecule has 1 N–H and O–H groups in total. The fourth-order valence-corrected chi connectivity index (χ4v) is 2.60. The largest absolute Gasteiger partial charge is 0.381 e. The van der Waals surface area contributed by atoms with Gasteiger partial charge in [0.05, 0.1) is 18.8 Å². The molecule has 1 aliphatic heterocycles. The third-order valence-electron chi connectivity index (χ3n) is 3.90. The van der Waals surface area contributed by atoms with E-state index in [-0.39, 0.29) is 5.82 Å². The summed E-state index contributed by atoms with van der Waals surface area (Å²) in [6.07, 6.45) is 0.997. The second kappa shape index (κ2) is 6.50. The van der Waals surface area contributed by atoms with Gasteiger partial charge in [0.1, 0.15) is 5.82 Å². The first kappa shape index (κ1) is 15.0. The Morgan fingerprint density at radius 3 is 3.00 bits per heavy atom. The van der Waals surface area contributed by atoms with Crippen LogP contribution in [0.4, 0.5) is 10.2 Å². The molecule has 3 heterocycles. The predicted octanol–water partition coefficient (Wildman–Crippen LogP) is 2.31. The van der Waals surface area contributed by atoms with Gasteiger partial charge < -0.3 is 4.74 Å². The molecule has 1 atom stereocenters. The van der Waals surface area contributed by atoms with Crippen molar-refractivity contribution in [1.29, 1.82) is 0 Å². The highest BCUT2D eigenvalue weighted by Gasteiger charge is 2.16. The van der Waals surface area contributed by atoms with E-state index in [4.69, 9.17) is 9.57 Å². The predicted molar refractivity (Wildman–Crippen MR) is 84.7 cm³/mol. The third-order valence-corrected chi connectivity index (χ3v) is 3.90. The molecule has 0 amide bonds. The molecular weight excluding hydrogens is 313 g/mol. The van der Waals surface area contributed by atoms with Gasteiger partial charge in [-0.05, 0) is 30.7 Å². The Kier molecular flexibility index (Phi) is 4.06. The maximum atomic E-state index is 14.0. The van der Waals surface area contributed by atoms with Crippen molar-refractivity contribution in [2.75, 3.05) is 25.3 Å². The minimum atomic E-state index is -0.371. The highest BCUT2D eigenvalue weighted by Crippen LogP contribution is 2.21. The number of halogens is 1. The first-order valence-electron chi connectivity index (χ1n) is 7.74. The highest BCUT2D eigenvalue weighted by molar-refractivity contribution is 5.60. The van der Waals surface area contributed by atoms with Gasteiger partial charge >= 0.3 is 0 Å². The molecule has 124 valence electrons. The Morgan fingerprint density at radius 2 is 2.17 bits per heavy atom. The second-order valence-electron chi connectivity index (χ2n) is 5.63. The van der Waals surface area contributed by atoms with Crippen LogP contribution < -0.4 is 5.48 Å². The maximum Gasteiger partial charge on any atom is 0.188 e. The van der Waals surface area contributed by atoms with Gasteiger partial charge in [0.25, 0.3) is 0 Å². The summed E-state index contributed by atoms with van der Waals surface area (Å²) in [6.45, 7) is 2.05. The summed E-state index contributed by atoms with van der Waals surface area (Å²) >= 11 is 0. The van der Waals surface area contributed by atoms with Gasteiger partial charge in [0, 0.05) is 12.5 Å². The van der Waals surface area contributed by atoms with Gasteiger partial charge in [-0.25, -0.2) is 9.87 Å². The molecule has 1 saturated heterocycles. The summed E-state index contributed by atoms with van der Waals surface area (Å²) in [5, 5.41) is 12.4. The molecule has 1 aromatic carbocycles. The Morgan fingerprint density at radius 1 is 1.25 bits per heavy atom. The molecule has 2 aromatic heterocycles. The molecule has 1 aliphatic rings. The van der Waals surface area contributed by atoms with Crippen LogP contribution in [0.5, 0.6) is 0 Å². The Bertz CT molecular complexity index is 847. The van der Waals surface area contributed by atoms with Gasteiger partial charge in [-0.2, -0.15) is 4.52 Å². The van der Waals surface area contributed by atoms with E-state index in [9.17, 15) is 4.39 Å². The topological polar surface area (TPSA) is 73.6 Å². The van der Waals surface area contributed by atoms with Crippen LogP contribution in [0.3, 0.4) is 0 Å². The highest BCUT2D eigenvalue weighted by atomic mass is 19.1. The Balaban J connectivity index is 1.55. The van der Waals surface area contributed by atoms with Crippen LogP contribution in [0.2, 0.25) is 0 Å². The number of benzene rings is 1. The molecule has 0 aliphatic carbocycles. The quantitative estimate of drug-likeness (QED) is 0.724. The van der Waals surface area contributed by atoms with Crippen molar-refractivity contribution in [1.82, 2.24) is 19.8 Å². The summed E-state index contributed by atoms with van der Waals surface area (Å²) in [7, 11) is 0. The Hall–Kier alpha value is -2.58. The van der Waals surface area contributed by atoms with Crippen molar-refractivity contribution < 1.29 is 14.0 Å². The molecular formula is C16H16FN5O2. The van der Waals surface area contributed by atoms with Crippen molar-refractivity contribution >= 4 is 11.5 Å². The van der Waals surface area contributed by atoms with Crippen LogP contribution in [0.15, 0.2) is 36.4 Å². The smallest absolute Gasteiger partial charge is 0.188 e. The van der Waals surface area contributed by atoms with Gasteiger partial charge in [-0.15, -0.1) is 15.3 Å². The first-order valence-corrected chi connectivity index (χ1v) is 7.74. The molecule has 1 unspecified atom stereocenters. The number of rotatable bonds is 5. The lowest BCUT2D eigenvalue weighted by atomic mass is 10.1. The fraction of sp³-hybridized carbons (Fsp3) is 0.312. The average molecular weight is 329 g/mol. The van der Waals surface area contributed by atoms with E-state index in [0.717, 1.165) is 19.6 Å². The summed E-state index contributed by atoms with van der Waals surface area (Å²) in [5.74, 6) is 0.865. The van der Waals surface area contributed by atoms with E-state index in [0.29, 0.717) is 35.4 Å². The van der Waals surface area contributed by atoms with Crippen molar-refractivity contribution in [3.63, 3.8) is 0 Å². The molecule has 0 spiro atoms. The van der Waals surface area contributed by atoms with Gasteiger partial charge in [-0.3, -0.25) is 4.84 Å². The molecule has 1 fully saturated rings. The van der Waals surface area contributed by atoms with E-state index < -0.39 is 0 Å². The summed E-state index contributed by atoms with van der Waals surface area (Å²) in [5.41, 5.74) is 3.69. The van der Waals surface area contributed by atoms with Crippen molar-refractivity contribution in [3.8, 4) is 11.4 Å². The minimum Gasteiger partial charge on any atom is -0.381 e. The van der Waals surface area contributed by atoms with Crippen molar-refractivity contribution in [2.45, 2.75) is 6.42 Å².